The van der Waals surface area contributed by atoms with Crippen molar-refractivity contribution in [3.63, 3.8) is 0 Å². The molecular weight excluding hydrogens is 321 g/mol. The molecule has 0 bridgehead atoms. The van der Waals surface area contributed by atoms with Crippen LogP contribution in [0.5, 0.6) is 0 Å². The highest BCUT2D eigenvalue weighted by Gasteiger charge is 2.19. The van der Waals surface area contributed by atoms with Crippen LogP contribution in [0.25, 0.3) is 0 Å². The van der Waals surface area contributed by atoms with E-state index < -0.39 is 17.7 Å². The van der Waals surface area contributed by atoms with Crippen molar-refractivity contribution in [3.8, 4) is 0 Å². The first kappa shape index (κ1) is 15.6. The van der Waals surface area contributed by atoms with E-state index in [1.807, 2.05) is 0 Å². The van der Waals surface area contributed by atoms with E-state index in [-0.39, 0.29) is 24.5 Å². The average molecular weight is 334 g/mol. The second-order valence-corrected chi connectivity index (χ2v) is 4.43. The fraction of sp³-hybridized carbons (Fsp3) is 0.333. The predicted octanol–water partition coefficient (Wildman–Crippen LogP) is 2.35. The van der Waals surface area contributed by atoms with Gasteiger partial charge < -0.3 is 14.8 Å². The summed E-state index contributed by atoms with van der Waals surface area (Å²) in [6.45, 7) is 1.55. The van der Waals surface area contributed by atoms with Crippen molar-refractivity contribution in [2.45, 2.75) is 6.92 Å². The summed E-state index contributed by atoms with van der Waals surface area (Å²) in [5, 5.41) is 2.29. The van der Waals surface area contributed by atoms with Gasteiger partial charge in [-0.3, -0.25) is 4.79 Å². The minimum Gasteiger partial charge on any atom is -0.462 e. The Morgan fingerprint density at radius 3 is 2.68 bits per heavy atom. The number of carbonyl (C=O) groups is 2. The lowest BCUT2D eigenvalue weighted by atomic mass is 10.1. The van der Waals surface area contributed by atoms with E-state index in [0.717, 1.165) is 6.07 Å². The third-order valence-corrected chi connectivity index (χ3v) is 2.55. The standard InChI is InChI=1S/C12H13BrFNO4/c1-3-19-12(17)8-4-7(13)5-9(14)11(8)15-10(16)6-18-2/h4-5H,3,6H2,1-2H3,(H,15,16). The molecule has 1 rings (SSSR count). The first-order valence-electron chi connectivity index (χ1n) is 5.44. The van der Waals surface area contributed by atoms with Gasteiger partial charge in [-0.05, 0) is 19.1 Å². The minimum absolute atomic E-state index is 0.0572. The average Bonchev–Trinajstić information content (AvgIpc) is 2.33. The Morgan fingerprint density at radius 1 is 1.42 bits per heavy atom. The Bertz CT molecular complexity index is 493. The third kappa shape index (κ3) is 4.29. The number of hydrogen-bond donors (Lipinski definition) is 1. The molecule has 1 aromatic rings. The van der Waals surface area contributed by atoms with Crippen LogP contribution < -0.4 is 5.32 Å². The Labute approximate surface area is 118 Å². The van der Waals surface area contributed by atoms with Crippen molar-refractivity contribution in [3.05, 3.63) is 28.0 Å². The summed E-state index contributed by atoms with van der Waals surface area (Å²) in [5.41, 5.74) is -0.276. The van der Waals surface area contributed by atoms with Crippen molar-refractivity contribution >= 4 is 33.5 Å². The number of benzene rings is 1. The zero-order valence-corrected chi connectivity index (χ0v) is 12.0. The summed E-state index contributed by atoms with van der Waals surface area (Å²) < 4.78 is 23.6. The van der Waals surface area contributed by atoms with E-state index >= 15 is 0 Å². The van der Waals surface area contributed by atoms with Crippen LogP contribution in [-0.2, 0) is 14.3 Å². The van der Waals surface area contributed by atoms with Gasteiger partial charge in [0.1, 0.15) is 12.4 Å². The van der Waals surface area contributed by atoms with Gasteiger partial charge in [0.15, 0.2) is 0 Å². The van der Waals surface area contributed by atoms with E-state index in [9.17, 15) is 14.0 Å². The summed E-state index contributed by atoms with van der Waals surface area (Å²) >= 11 is 3.08. The zero-order valence-electron chi connectivity index (χ0n) is 10.5. The molecule has 0 aromatic heterocycles. The maximum atomic E-state index is 13.8. The van der Waals surface area contributed by atoms with Gasteiger partial charge in [-0.2, -0.15) is 0 Å². The molecule has 0 aliphatic rings. The van der Waals surface area contributed by atoms with Crippen molar-refractivity contribution in [2.24, 2.45) is 0 Å². The topological polar surface area (TPSA) is 64.6 Å². The van der Waals surface area contributed by atoms with Crippen molar-refractivity contribution in [1.82, 2.24) is 0 Å². The minimum atomic E-state index is -0.734. The first-order valence-corrected chi connectivity index (χ1v) is 6.23. The van der Waals surface area contributed by atoms with Gasteiger partial charge in [-0.15, -0.1) is 0 Å². The molecule has 1 amide bonds. The molecular formula is C12H13BrFNO4. The molecule has 0 heterocycles. The molecule has 1 N–H and O–H groups in total. The molecule has 19 heavy (non-hydrogen) atoms. The Hall–Kier alpha value is -1.47. The lowest BCUT2D eigenvalue weighted by Crippen LogP contribution is -2.20. The van der Waals surface area contributed by atoms with E-state index in [1.165, 1.54) is 13.2 Å². The number of anilines is 1. The molecule has 1 aromatic carbocycles. The highest BCUT2D eigenvalue weighted by molar-refractivity contribution is 9.10. The van der Waals surface area contributed by atoms with Gasteiger partial charge >= 0.3 is 5.97 Å². The Morgan fingerprint density at radius 2 is 2.11 bits per heavy atom. The first-order chi connectivity index (χ1) is 8.99. The molecule has 0 aliphatic heterocycles. The molecule has 0 saturated carbocycles. The van der Waals surface area contributed by atoms with Gasteiger partial charge in [0.2, 0.25) is 5.91 Å². The summed E-state index contributed by atoms with van der Waals surface area (Å²) in [5.74, 6) is -2.01. The largest absolute Gasteiger partial charge is 0.462 e. The molecule has 0 fully saturated rings. The normalized spacial score (nSPS) is 10.1. The number of methoxy groups -OCH3 is 1. The number of rotatable bonds is 5. The van der Waals surface area contributed by atoms with Crippen LogP contribution in [-0.4, -0.2) is 32.2 Å². The van der Waals surface area contributed by atoms with Crippen LogP contribution in [0.3, 0.4) is 0 Å². The highest BCUT2D eigenvalue weighted by Crippen LogP contribution is 2.26. The molecule has 0 aliphatic carbocycles. The summed E-state index contributed by atoms with van der Waals surface area (Å²) in [6.07, 6.45) is 0. The van der Waals surface area contributed by atoms with Crippen molar-refractivity contribution < 1.29 is 23.5 Å². The number of halogens is 2. The molecule has 0 atom stereocenters. The van der Waals surface area contributed by atoms with Gasteiger partial charge in [0, 0.05) is 11.6 Å². The zero-order chi connectivity index (χ0) is 14.4. The number of hydrogen-bond acceptors (Lipinski definition) is 4. The molecule has 0 radical (unpaired) electrons. The van der Waals surface area contributed by atoms with E-state index in [1.54, 1.807) is 6.92 Å². The fourth-order valence-corrected chi connectivity index (χ4v) is 1.81. The lowest BCUT2D eigenvalue weighted by molar-refractivity contribution is -0.119. The molecule has 5 nitrogen and oxygen atoms in total. The van der Waals surface area contributed by atoms with Crippen LogP contribution >= 0.6 is 15.9 Å². The number of nitrogens with one attached hydrogen (secondary N) is 1. The molecule has 104 valence electrons. The monoisotopic (exact) mass is 333 g/mol. The second kappa shape index (κ2) is 7.20. The van der Waals surface area contributed by atoms with E-state index in [2.05, 4.69) is 26.0 Å². The summed E-state index contributed by atoms with van der Waals surface area (Å²) in [6, 6.07) is 2.52. The van der Waals surface area contributed by atoms with Gasteiger partial charge in [0.05, 0.1) is 17.9 Å². The van der Waals surface area contributed by atoms with Crippen LogP contribution in [0, 0.1) is 5.82 Å². The van der Waals surface area contributed by atoms with Crippen molar-refractivity contribution in [1.29, 1.82) is 0 Å². The Kier molecular flexibility index (Phi) is 5.91. The number of amides is 1. The van der Waals surface area contributed by atoms with E-state index in [0.29, 0.717) is 4.47 Å². The summed E-state index contributed by atoms with van der Waals surface area (Å²) in [4.78, 5) is 23.1. The fourth-order valence-electron chi connectivity index (χ4n) is 1.38. The number of esters is 1. The quantitative estimate of drug-likeness (QED) is 0.840. The number of carbonyl (C=O) groups excluding carboxylic acids is 2. The van der Waals surface area contributed by atoms with Gasteiger partial charge in [-0.25, -0.2) is 9.18 Å². The second-order valence-electron chi connectivity index (χ2n) is 3.51. The van der Waals surface area contributed by atoms with Crippen LogP contribution in [0.15, 0.2) is 16.6 Å². The van der Waals surface area contributed by atoms with Crippen LogP contribution in [0.4, 0.5) is 10.1 Å². The lowest BCUT2D eigenvalue weighted by Gasteiger charge is -2.12. The highest BCUT2D eigenvalue weighted by atomic mass is 79.9. The summed E-state index contributed by atoms with van der Waals surface area (Å²) in [7, 11) is 1.34. The molecule has 0 spiro atoms. The van der Waals surface area contributed by atoms with Gasteiger partial charge in [0.25, 0.3) is 0 Å². The van der Waals surface area contributed by atoms with E-state index in [4.69, 9.17) is 4.74 Å². The molecule has 0 unspecified atom stereocenters. The van der Waals surface area contributed by atoms with Crippen LogP contribution in [0.2, 0.25) is 0 Å². The van der Waals surface area contributed by atoms with Crippen molar-refractivity contribution in [2.75, 3.05) is 25.6 Å². The molecule has 7 heteroatoms. The molecule has 0 saturated heterocycles. The smallest absolute Gasteiger partial charge is 0.340 e. The maximum Gasteiger partial charge on any atom is 0.340 e. The maximum absolute atomic E-state index is 13.8. The third-order valence-electron chi connectivity index (χ3n) is 2.09. The Balaban J connectivity index is 3.13. The van der Waals surface area contributed by atoms with Gasteiger partial charge in [-0.1, -0.05) is 15.9 Å². The SMILES string of the molecule is CCOC(=O)c1cc(Br)cc(F)c1NC(=O)COC. The predicted molar refractivity (Wildman–Crippen MR) is 70.6 cm³/mol. The van der Waals surface area contributed by atoms with Crippen LogP contribution in [0.1, 0.15) is 17.3 Å². The number of ether oxygens (including phenoxy) is 2.